The Bertz CT molecular complexity index is 1490. The molecule has 1 atom stereocenters. The van der Waals surface area contributed by atoms with Gasteiger partial charge in [0.2, 0.25) is 11.8 Å². The summed E-state index contributed by atoms with van der Waals surface area (Å²) in [6.45, 7) is 2.52. The molecule has 0 radical (unpaired) electrons. The number of hydrogen-bond acceptors (Lipinski definition) is 4. The lowest BCUT2D eigenvalue weighted by Gasteiger charge is -2.32. The lowest BCUT2D eigenvalue weighted by Crippen LogP contribution is -2.51. The molecule has 0 aliphatic rings. The van der Waals surface area contributed by atoms with Gasteiger partial charge in [0.15, 0.2) is 0 Å². The summed E-state index contributed by atoms with van der Waals surface area (Å²) in [7, 11) is -4.63. The van der Waals surface area contributed by atoms with E-state index in [1.165, 1.54) is 55.5 Å². The molecule has 13 heteroatoms. The number of benzene rings is 3. The van der Waals surface area contributed by atoms with Crippen molar-refractivity contribution < 1.29 is 35.6 Å². The van der Waals surface area contributed by atoms with Gasteiger partial charge in [-0.25, -0.2) is 12.8 Å². The van der Waals surface area contributed by atoms with Crippen molar-refractivity contribution in [3.05, 3.63) is 94.8 Å². The van der Waals surface area contributed by atoms with Crippen LogP contribution in [-0.2, 0) is 32.3 Å². The Morgan fingerprint density at radius 2 is 1.64 bits per heavy atom. The summed E-state index contributed by atoms with van der Waals surface area (Å²) in [5.41, 5.74) is -1.30. The third kappa shape index (κ3) is 8.22. The minimum absolute atomic E-state index is 0.211. The zero-order chi connectivity index (χ0) is 31.1. The van der Waals surface area contributed by atoms with Crippen LogP contribution in [0.1, 0.15) is 37.8 Å². The molecule has 0 bridgehead atoms. The fourth-order valence-corrected chi connectivity index (χ4v) is 5.73. The van der Waals surface area contributed by atoms with E-state index in [1.807, 2.05) is 6.92 Å². The highest BCUT2D eigenvalue weighted by Gasteiger charge is 2.36. The molecule has 2 amide bonds. The lowest BCUT2D eigenvalue weighted by atomic mass is 10.1. The SMILES string of the molecule is CCCCNC(=O)[C@@H](C)N(Cc1ccc(F)cc1)C(=O)CN(c1cc(C(F)(F)F)ccc1Cl)S(=O)(=O)c1ccccc1. The second-order valence-corrected chi connectivity index (χ2v) is 11.7. The summed E-state index contributed by atoms with van der Waals surface area (Å²) in [5, 5.41) is 2.38. The number of sulfonamides is 1. The van der Waals surface area contributed by atoms with Crippen LogP contribution in [-0.4, -0.2) is 44.3 Å². The monoisotopic (exact) mass is 627 g/mol. The van der Waals surface area contributed by atoms with Crippen molar-refractivity contribution >= 4 is 39.1 Å². The number of anilines is 1. The van der Waals surface area contributed by atoms with Gasteiger partial charge in [-0.15, -0.1) is 0 Å². The van der Waals surface area contributed by atoms with Crippen molar-refractivity contribution in [2.75, 3.05) is 17.4 Å². The number of nitrogens with zero attached hydrogens (tertiary/aromatic N) is 2. The number of amides is 2. The molecule has 0 aliphatic heterocycles. The van der Waals surface area contributed by atoms with Crippen LogP contribution >= 0.6 is 11.6 Å². The molecule has 3 aromatic carbocycles. The summed E-state index contributed by atoms with van der Waals surface area (Å²) in [6, 6.07) is 13.0. The number of rotatable bonds is 12. The molecule has 3 aromatic rings. The van der Waals surface area contributed by atoms with E-state index in [4.69, 9.17) is 11.6 Å². The summed E-state index contributed by atoms with van der Waals surface area (Å²) >= 11 is 6.23. The average Bonchev–Trinajstić information content (AvgIpc) is 2.95. The van der Waals surface area contributed by atoms with E-state index in [0.29, 0.717) is 35.0 Å². The van der Waals surface area contributed by atoms with Crippen LogP contribution in [0.4, 0.5) is 23.2 Å². The second-order valence-electron chi connectivity index (χ2n) is 9.46. The molecular formula is C29H30ClF4N3O4S. The van der Waals surface area contributed by atoms with Crippen molar-refractivity contribution in [3.63, 3.8) is 0 Å². The maximum Gasteiger partial charge on any atom is 0.416 e. The van der Waals surface area contributed by atoms with Crippen molar-refractivity contribution in [3.8, 4) is 0 Å². The number of halogens is 5. The fraction of sp³-hybridized carbons (Fsp3) is 0.310. The van der Waals surface area contributed by atoms with Crippen LogP contribution in [0.5, 0.6) is 0 Å². The van der Waals surface area contributed by atoms with Gasteiger partial charge in [0.1, 0.15) is 18.4 Å². The molecule has 1 N–H and O–H groups in total. The highest BCUT2D eigenvalue weighted by molar-refractivity contribution is 7.92. The Kier molecular flexibility index (Phi) is 11.0. The van der Waals surface area contributed by atoms with Gasteiger partial charge < -0.3 is 10.2 Å². The lowest BCUT2D eigenvalue weighted by molar-refractivity contribution is -0.139. The predicted octanol–water partition coefficient (Wildman–Crippen LogP) is 6.03. The van der Waals surface area contributed by atoms with Crippen LogP contribution in [0.15, 0.2) is 77.7 Å². The Hall–Kier alpha value is -3.64. The van der Waals surface area contributed by atoms with E-state index in [0.717, 1.165) is 17.4 Å². The first kappa shape index (κ1) is 32.9. The van der Waals surface area contributed by atoms with E-state index in [1.54, 1.807) is 6.07 Å². The normalized spacial score (nSPS) is 12.5. The smallest absolute Gasteiger partial charge is 0.354 e. The maximum absolute atomic E-state index is 13.8. The largest absolute Gasteiger partial charge is 0.416 e. The molecule has 0 unspecified atom stereocenters. The molecular weight excluding hydrogens is 598 g/mol. The standard InChI is InChI=1S/C29H30ClF4N3O4S/c1-3-4-16-35-28(39)20(2)36(18-21-10-13-23(31)14-11-21)27(38)19-37(42(40,41)24-8-6-5-7-9-24)26-17-22(29(32,33)34)12-15-25(26)30/h5-15,17,20H,3-4,16,18-19H2,1-2H3,(H,35,39)/t20-/m1/s1. The van der Waals surface area contributed by atoms with Gasteiger partial charge in [0, 0.05) is 13.1 Å². The van der Waals surface area contributed by atoms with Crippen molar-refractivity contribution in [1.82, 2.24) is 10.2 Å². The third-order valence-corrected chi connectivity index (χ3v) is 8.51. The van der Waals surface area contributed by atoms with Crippen molar-refractivity contribution in [1.29, 1.82) is 0 Å². The van der Waals surface area contributed by atoms with Crippen LogP contribution in [0.2, 0.25) is 5.02 Å². The molecule has 226 valence electrons. The maximum atomic E-state index is 13.8. The summed E-state index contributed by atoms with van der Waals surface area (Å²) < 4.78 is 82.4. The fourth-order valence-electron chi connectivity index (χ4n) is 4.02. The predicted molar refractivity (Wildman–Crippen MR) is 152 cm³/mol. The van der Waals surface area contributed by atoms with Gasteiger partial charge in [-0.2, -0.15) is 13.2 Å². The number of nitrogens with one attached hydrogen (secondary N) is 1. The molecule has 0 aliphatic carbocycles. The van der Waals surface area contributed by atoms with Gasteiger partial charge in [0.05, 0.1) is 21.2 Å². The van der Waals surface area contributed by atoms with E-state index < -0.39 is 57.7 Å². The second kappa shape index (κ2) is 14.0. The molecule has 0 fully saturated rings. The topological polar surface area (TPSA) is 86.8 Å². The van der Waals surface area contributed by atoms with Crippen LogP contribution in [0.3, 0.4) is 0 Å². The molecule has 0 heterocycles. The van der Waals surface area contributed by atoms with Gasteiger partial charge in [-0.05, 0) is 61.4 Å². The first-order chi connectivity index (χ1) is 19.8. The zero-order valence-electron chi connectivity index (χ0n) is 22.9. The molecule has 7 nitrogen and oxygen atoms in total. The molecule has 3 rings (SSSR count). The third-order valence-electron chi connectivity index (χ3n) is 6.42. The van der Waals surface area contributed by atoms with Crippen molar-refractivity contribution in [2.45, 2.75) is 50.3 Å². The number of carbonyl (C=O) groups is 2. The summed E-state index contributed by atoms with van der Waals surface area (Å²) in [6.07, 6.45) is -3.34. The Morgan fingerprint density at radius 3 is 2.24 bits per heavy atom. The van der Waals surface area contributed by atoms with Crippen LogP contribution < -0.4 is 9.62 Å². The van der Waals surface area contributed by atoms with Crippen molar-refractivity contribution in [2.24, 2.45) is 0 Å². The molecule has 0 spiro atoms. The molecule has 42 heavy (non-hydrogen) atoms. The zero-order valence-corrected chi connectivity index (χ0v) is 24.4. The average molecular weight is 628 g/mol. The van der Waals surface area contributed by atoms with E-state index in [-0.39, 0.29) is 16.5 Å². The minimum atomic E-state index is -4.83. The Labute approximate surface area is 247 Å². The van der Waals surface area contributed by atoms with E-state index in [9.17, 15) is 35.6 Å². The summed E-state index contributed by atoms with van der Waals surface area (Å²) in [4.78, 5) is 27.6. The number of alkyl halides is 3. The number of unbranched alkanes of at least 4 members (excludes halogenated alkanes) is 1. The van der Waals surface area contributed by atoms with Gasteiger partial charge >= 0.3 is 6.18 Å². The van der Waals surface area contributed by atoms with Gasteiger partial charge in [0.25, 0.3) is 10.0 Å². The van der Waals surface area contributed by atoms with Crippen LogP contribution in [0, 0.1) is 5.82 Å². The molecule has 0 saturated carbocycles. The number of carbonyl (C=O) groups excluding carboxylic acids is 2. The molecule has 0 aromatic heterocycles. The number of hydrogen-bond donors (Lipinski definition) is 1. The quantitative estimate of drug-likeness (QED) is 0.196. The van der Waals surface area contributed by atoms with Gasteiger partial charge in [-0.3, -0.25) is 13.9 Å². The first-order valence-corrected chi connectivity index (χ1v) is 14.8. The van der Waals surface area contributed by atoms with Gasteiger partial charge in [-0.1, -0.05) is 55.3 Å². The molecule has 0 saturated heterocycles. The minimum Gasteiger partial charge on any atom is -0.354 e. The summed E-state index contributed by atoms with van der Waals surface area (Å²) in [5.74, 6) is -1.94. The van der Waals surface area contributed by atoms with E-state index in [2.05, 4.69) is 5.32 Å². The Morgan fingerprint density at radius 1 is 1.00 bits per heavy atom. The highest BCUT2D eigenvalue weighted by Crippen LogP contribution is 2.37. The van der Waals surface area contributed by atoms with Crippen LogP contribution in [0.25, 0.3) is 0 Å². The Balaban J connectivity index is 2.09. The highest BCUT2D eigenvalue weighted by atomic mass is 35.5. The first-order valence-electron chi connectivity index (χ1n) is 13.0. The van der Waals surface area contributed by atoms with E-state index >= 15 is 0 Å².